The lowest BCUT2D eigenvalue weighted by molar-refractivity contribution is -0.419. The van der Waals surface area contributed by atoms with Gasteiger partial charge in [-0.2, -0.15) is 14.6 Å². The van der Waals surface area contributed by atoms with Crippen LogP contribution in [-0.4, -0.2) is 25.3 Å². The van der Waals surface area contributed by atoms with E-state index < -0.39 is 16.3 Å². The molecule has 2 aliphatic carbocycles. The van der Waals surface area contributed by atoms with Crippen LogP contribution in [0.2, 0.25) is 0 Å². The van der Waals surface area contributed by atoms with Crippen LogP contribution in [0.1, 0.15) is 48.6 Å². The van der Waals surface area contributed by atoms with Crippen molar-refractivity contribution in [2.75, 3.05) is 5.73 Å². The second-order valence-corrected chi connectivity index (χ2v) is 7.80. The van der Waals surface area contributed by atoms with Gasteiger partial charge in [0.1, 0.15) is 10.8 Å². The van der Waals surface area contributed by atoms with E-state index >= 15 is 0 Å². The van der Waals surface area contributed by atoms with Crippen molar-refractivity contribution in [2.24, 2.45) is 0 Å². The summed E-state index contributed by atoms with van der Waals surface area (Å²) >= 11 is 1.35. The Kier molecular flexibility index (Phi) is 4.63. The Labute approximate surface area is 163 Å². The quantitative estimate of drug-likeness (QED) is 0.476. The van der Waals surface area contributed by atoms with Crippen molar-refractivity contribution in [1.82, 2.24) is 14.6 Å². The molecule has 0 bridgehead atoms. The Hall–Kier alpha value is -3.14. The summed E-state index contributed by atoms with van der Waals surface area (Å²) in [5.74, 6) is -0.0396. The van der Waals surface area contributed by atoms with Gasteiger partial charge in [0, 0.05) is 23.6 Å². The van der Waals surface area contributed by atoms with E-state index in [0.29, 0.717) is 10.9 Å². The van der Waals surface area contributed by atoms with Gasteiger partial charge in [0.2, 0.25) is 4.96 Å². The highest BCUT2D eigenvalue weighted by atomic mass is 32.1. The summed E-state index contributed by atoms with van der Waals surface area (Å²) in [7, 11) is 0. The Morgan fingerprint density at radius 2 is 2.00 bits per heavy atom. The third-order valence-corrected chi connectivity index (χ3v) is 6.04. The molecule has 2 heterocycles. The van der Waals surface area contributed by atoms with Crippen molar-refractivity contribution in [3.63, 3.8) is 0 Å². The molecule has 144 valence electrons. The number of nitrogens with two attached hydrogens (primary N) is 1. The van der Waals surface area contributed by atoms with E-state index in [1.807, 2.05) is 0 Å². The first-order chi connectivity index (χ1) is 13.4. The fourth-order valence-corrected chi connectivity index (χ4v) is 4.53. The van der Waals surface area contributed by atoms with Crippen LogP contribution < -0.4 is 11.3 Å². The molecular weight excluding hydrogens is 382 g/mol. The first kappa shape index (κ1) is 18.2. The summed E-state index contributed by atoms with van der Waals surface area (Å²) < 4.78 is 1.42. The van der Waals surface area contributed by atoms with E-state index in [1.165, 1.54) is 28.3 Å². The zero-order valence-electron chi connectivity index (χ0n) is 14.8. The SMILES string of the molecule is Nc1c(/C=C2\C=C([N+](=O)[O-])C=CC2=O)c(=O)nc2sc(C3CCCCC3)nn12. The first-order valence-electron chi connectivity index (χ1n) is 8.93. The van der Waals surface area contributed by atoms with Crippen molar-refractivity contribution >= 4 is 34.0 Å². The van der Waals surface area contributed by atoms with Crippen molar-refractivity contribution in [3.05, 3.63) is 60.5 Å². The zero-order valence-corrected chi connectivity index (χ0v) is 15.6. The minimum Gasteiger partial charge on any atom is -0.383 e. The highest BCUT2D eigenvalue weighted by Crippen LogP contribution is 2.35. The Bertz CT molecular complexity index is 1130. The molecule has 1 fully saturated rings. The average molecular weight is 399 g/mol. The Morgan fingerprint density at radius 3 is 2.71 bits per heavy atom. The highest BCUT2D eigenvalue weighted by molar-refractivity contribution is 7.16. The number of carbonyl (C=O) groups excluding carboxylic acids is 1. The topological polar surface area (TPSA) is 133 Å². The number of hydrogen-bond acceptors (Lipinski definition) is 8. The number of hydrogen-bond donors (Lipinski definition) is 1. The number of aromatic nitrogens is 3. The van der Waals surface area contributed by atoms with Gasteiger partial charge in [0.05, 0.1) is 10.5 Å². The normalized spacial score (nSPS) is 19.4. The minimum absolute atomic E-state index is 0.00230. The van der Waals surface area contributed by atoms with Crippen LogP contribution in [0.3, 0.4) is 0 Å². The van der Waals surface area contributed by atoms with Crippen LogP contribution in [-0.2, 0) is 4.79 Å². The maximum atomic E-state index is 12.5. The predicted molar refractivity (Wildman–Crippen MR) is 105 cm³/mol. The van der Waals surface area contributed by atoms with Crippen molar-refractivity contribution in [2.45, 2.75) is 38.0 Å². The fourth-order valence-electron chi connectivity index (χ4n) is 3.46. The minimum atomic E-state index is -0.606. The van der Waals surface area contributed by atoms with Gasteiger partial charge < -0.3 is 5.73 Å². The van der Waals surface area contributed by atoms with E-state index in [9.17, 15) is 19.7 Å². The van der Waals surface area contributed by atoms with Crippen LogP contribution >= 0.6 is 11.3 Å². The third kappa shape index (κ3) is 3.26. The molecule has 0 atom stereocenters. The summed E-state index contributed by atoms with van der Waals surface area (Å²) in [6.07, 6.45) is 10.2. The molecule has 2 aromatic rings. The molecule has 0 saturated heterocycles. The molecule has 2 aliphatic rings. The summed E-state index contributed by atoms with van der Waals surface area (Å²) in [5.41, 5.74) is 5.32. The number of allylic oxidation sites excluding steroid dienone is 4. The molecule has 0 amide bonds. The maximum Gasteiger partial charge on any atom is 0.283 e. The molecule has 0 unspecified atom stereocenters. The van der Waals surface area contributed by atoms with Gasteiger partial charge in [-0.3, -0.25) is 19.7 Å². The molecule has 10 heteroatoms. The van der Waals surface area contributed by atoms with E-state index in [1.54, 1.807) is 0 Å². The smallest absolute Gasteiger partial charge is 0.283 e. The molecule has 0 spiro atoms. The second kappa shape index (κ2) is 7.12. The number of ketones is 1. The van der Waals surface area contributed by atoms with Gasteiger partial charge >= 0.3 is 0 Å². The zero-order chi connectivity index (χ0) is 19.8. The van der Waals surface area contributed by atoms with Gasteiger partial charge in [-0.25, -0.2) is 0 Å². The molecule has 28 heavy (non-hydrogen) atoms. The molecule has 2 aromatic heterocycles. The Balaban J connectivity index is 1.79. The third-order valence-electron chi connectivity index (χ3n) is 4.97. The van der Waals surface area contributed by atoms with Gasteiger partial charge in [0.15, 0.2) is 5.78 Å². The largest absolute Gasteiger partial charge is 0.383 e. The Morgan fingerprint density at radius 1 is 1.25 bits per heavy atom. The van der Waals surface area contributed by atoms with Gasteiger partial charge in [-0.15, -0.1) is 0 Å². The van der Waals surface area contributed by atoms with Gasteiger partial charge in [-0.05, 0) is 25.0 Å². The van der Waals surface area contributed by atoms with Gasteiger partial charge in [-0.1, -0.05) is 30.6 Å². The van der Waals surface area contributed by atoms with Crippen LogP contribution in [0.5, 0.6) is 0 Å². The highest BCUT2D eigenvalue weighted by Gasteiger charge is 2.23. The predicted octanol–water partition coefficient (Wildman–Crippen LogP) is 2.46. The van der Waals surface area contributed by atoms with Crippen molar-refractivity contribution in [3.8, 4) is 0 Å². The lowest BCUT2D eigenvalue weighted by atomic mass is 9.90. The van der Waals surface area contributed by atoms with Crippen LogP contribution in [0.4, 0.5) is 5.82 Å². The molecule has 0 aromatic carbocycles. The summed E-state index contributed by atoms with van der Waals surface area (Å²) in [4.78, 5) is 39.3. The number of anilines is 1. The van der Waals surface area contributed by atoms with E-state index in [0.717, 1.165) is 48.9 Å². The second-order valence-electron chi connectivity index (χ2n) is 6.81. The van der Waals surface area contributed by atoms with E-state index in [-0.39, 0.29) is 22.7 Å². The van der Waals surface area contributed by atoms with Crippen LogP contribution in [0.25, 0.3) is 11.0 Å². The van der Waals surface area contributed by atoms with E-state index in [4.69, 9.17) is 5.73 Å². The number of nitrogen functional groups attached to an aromatic ring is 1. The average Bonchev–Trinajstić information content (AvgIpc) is 3.11. The maximum absolute atomic E-state index is 12.5. The number of nitrogens with zero attached hydrogens (tertiary/aromatic N) is 4. The molecular formula is C18H17N5O4S. The molecule has 4 rings (SSSR count). The van der Waals surface area contributed by atoms with E-state index in [2.05, 4.69) is 10.1 Å². The lowest BCUT2D eigenvalue weighted by Gasteiger charge is -2.18. The number of fused-ring (bicyclic) bond motifs is 1. The monoisotopic (exact) mass is 399 g/mol. The molecule has 2 N–H and O–H groups in total. The first-order valence-corrected chi connectivity index (χ1v) is 9.75. The fraction of sp³-hybridized carbons (Fsp3) is 0.333. The molecule has 9 nitrogen and oxygen atoms in total. The van der Waals surface area contributed by atoms with Crippen LogP contribution in [0.15, 0.2) is 34.3 Å². The summed E-state index contributed by atoms with van der Waals surface area (Å²) in [5, 5.41) is 16.4. The lowest BCUT2D eigenvalue weighted by Crippen LogP contribution is -2.17. The van der Waals surface area contributed by atoms with Gasteiger partial charge in [0.25, 0.3) is 11.3 Å². The standard InChI is InChI=1S/C18H17N5O4S/c19-15-13(9-11-8-12(23(26)27)6-7-14(11)24)16(25)20-18-22(15)21-17(28-18)10-4-2-1-3-5-10/h6-10H,1-5,19H2/b11-9+. The molecule has 0 radical (unpaired) electrons. The number of nitro groups is 1. The van der Waals surface area contributed by atoms with Crippen molar-refractivity contribution < 1.29 is 9.72 Å². The number of rotatable bonds is 3. The molecule has 1 saturated carbocycles. The molecule has 0 aliphatic heterocycles. The summed E-state index contributed by atoms with van der Waals surface area (Å²) in [6.45, 7) is 0. The van der Waals surface area contributed by atoms with Crippen LogP contribution in [0, 0.1) is 10.1 Å². The summed E-state index contributed by atoms with van der Waals surface area (Å²) in [6, 6.07) is 0. The van der Waals surface area contributed by atoms with Crippen molar-refractivity contribution in [1.29, 1.82) is 0 Å². The number of carbonyl (C=O) groups is 1.